The highest BCUT2D eigenvalue weighted by Crippen LogP contribution is 2.46. The van der Waals surface area contributed by atoms with E-state index in [4.69, 9.17) is 0 Å². The standard InChI is InChI=1S/C17H20N2O2S/c20-15-11-17(6-5-13-3-1-2-4-14(13)17)16(21)19(15)12-18-7-9-22-10-8-18/h1-4H,5-12H2/t17-/m1/s1. The number of benzene rings is 1. The molecule has 2 fully saturated rings. The number of carbonyl (C=O) groups excluding carboxylic acids is 2. The van der Waals surface area contributed by atoms with Gasteiger partial charge in [-0.25, -0.2) is 0 Å². The molecule has 2 amide bonds. The molecule has 0 aromatic heterocycles. The van der Waals surface area contributed by atoms with Crippen molar-refractivity contribution in [2.45, 2.75) is 24.7 Å². The number of likely N-dealkylation sites (tertiary alicyclic amines) is 1. The molecule has 3 aliphatic rings. The van der Waals surface area contributed by atoms with E-state index in [9.17, 15) is 9.59 Å². The zero-order chi connectivity index (χ0) is 15.2. The summed E-state index contributed by atoms with van der Waals surface area (Å²) in [6.07, 6.45) is 2.04. The molecule has 0 radical (unpaired) electrons. The number of amides is 2. The lowest BCUT2D eigenvalue weighted by atomic mass is 9.80. The predicted octanol–water partition coefficient (Wildman–Crippen LogP) is 1.64. The van der Waals surface area contributed by atoms with Gasteiger partial charge in [0.2, 0.25) is 11.8 Å². The first-order valence-electron chi connectivity index (χ1n) is 7.94. The number of aryl methyl sites for hydroxylation is 1. The zero-order valence-electron chi connectivity index (χ0n) is 12.6. The summed E-state index contributed by atoms with van der Waals surface area (Å²) in [6.45, 7) is 2.40. The fourth-order valence-electron chi connectivity index (χ4n) is 3.98. The first-order valence-corrected chi connectivity index (χ1v) is 9.09. The van der Waals surface area contributed by atoms with Gasteiger partial charge in [-0.05, 0) is 24.0 Å². The Kier molecular flexibility index (Phi) is 3.50. The first-order chi connectivity index (χ1) is 10.7. The molecule has 1 atom stereocenters. The molecule has 1 aliphatic carbocycles. The minimum Gasteiger partial charge on any atom is -0.284 e. The van der Waals surface area contributed by atoms with E-state index in [1.807, 2.05) is 30.0 Å². The van der Waals surface area contributed by atoms with E-state index in [1.54, 1.807) is 0 Å². The summed E-state index contributed by atoms with van der Waals surface area (Å²) in [5, 5.41) is 0. The Morgan fingerprint density at radius 2 is 1.91 bits per heavy atom. The lowest BCUT2D eigenvalue weighted by molar-refractivity contribution is -0.142. The highest BCUT2D eigenvalue weighted by molar-refractivity contribution is 7.99. The smallest absolute Gasteiger partial charge is 0.241 e. The fraction of sp³-hybridized carbons (Fsp3) is 0.529. The zero-order valence-corrected chi connectivity index (χ0v) is 13.4. The number of hydrogen-bond acceptors (Lipinski definition) is 4. The average Bonchev–Trinajstić information content (AvgIpc) is 3.03. The SMILES string of the molecule is O=C1C[C@@]2(CCc3ccccc32)C(=O)N1CN1CCSCC1. The van der Waals surface area contributed by atoms with Gasteiger partial charge in [0.05, 0.1) is 12.1 Å². The van der Waals surface area contributed by atoms with E-state index in [0.29, 0.717) is 13.1 Å². The molecule has 2 heterocycles. The summed E-state index contributed by atoms with van der Waals surface area (Å²) in [6, 6.07) is 8.12. The van der Waals surface area contributed by atoms with Gasteiger partial charge < -0.3 is 0 Å². The second-order valence-electron chi connectivity index (χ2n) is 6.41. The molecule has 5 heteroatoms. The number of imide groups is 1. The van der Waals surface area contributed by atoms with Crippen molar-refractivity contribution >= 4 is 23.6 Å². The number of carbonyl (C=O) groups is 2. The molecule has 1 spiro atoms. The molecule has 4 rings (SSSR count). The molecule has 0 N–H and O–H groups in total. The van der Waals surface area contributed by atoms with Crippen molar-refractivity contribution in [3.63, 3.8) is 0 Å². The van der Waals surface area contributed by atoms with Crippen molar-refractivity contribution in [3.8, 4) is 0 Å². The molecule has 0 unspecified atom stereocenters. The van der Waals surface area contributed by atoms with Crippen LogP contribution in [-0.4, -0.2) is 52.9 Å². The second kappa shape index (κ2) is 5.39. The van der Waals surface area contributed by atoms with Crippen LogP contribution < -0.4 is 0 Å². The van der Waals surface area contributed by atoms with Gasteiger partial charge >= 0.3 is 0 Å². The van der Waals surface area contributed by atoms with Crippen molar-refractivity contribution in [2.24, 2.45) is 0 Å². The van der Waals surface area contributed by atoms with Gasteiger partial charge in [0, 0.05) is 31.0 Å². The number of thioether (sulfide) groups is 1. The van der Waals surface area contributed by atoms with E-state index in [2.05, 4.69) is 11.0 Å². The van der Waals surface area contributed by atoms with Crippen molar-refractivity contribution in [2.75, 3.05) is 31.3 Å². The van der Waals surface area contributed by atoms with Gasteiger partial charge in [0.15, 0.2) is 0 Å². The van der Waals surface area contributed by atoms with E-state index in [0.717, 1.165) is 43.0 Å². The Hall–Kier alpha value is -1.33. The lowest BCUT2D eigenvalue weighted by Crippen LogP contribution is -2.46. The molecule has 4 nitrogen and oxygen atoms in total. The quantitative estimate of drug-likeness (QED) is 0.778. The van der Waals surface area contributed by atoms with Gasteiger partial charge in [-0.15, -0.1) is 0 Å². The number of nitrogens with zero attached hydrogens (tertiary/aromatic N) is 2. The van der Waals surface area contributed by atoms with E-state index >= 15 is 0 Å². The fourth-order valence-corrected chi connectivity index (χ4v) is 4.96. The molecule has 0 saturated carbocycles. The molecule has 2 saturated heterocycles. The van der Waals surface area contributed by atoms with Crippen LogP contribution in [0.5, 0.6) is 0 Å². The van der Waals surface area contributed by atoms with E-state index in [1.165, 1.54) is 10.5 Å². The van der Waals surface area contributed by atoms with Crippen molar-refractivity contribution < 1.29 is 9.59 Å². The summed E-state index contributed by atoms with van der Waals surface area (Å²) >= 11 is 1.94. The normalized spacial score (nSPS) is 28.6. The van der Waals surface area contributed by atoms with Gasteiger partial charge in [-0.1, -0.05) is 24.3 Å². The monoisotopic (exact) mass is 316 g/mol. The number of hydrogen-bond donors (Lipinski definition) is 0. The highest BCUT2D eigenvalue weighted by Gasteiger charge is 2.55. The van der Waals surface area contributed by atoms with Crippen LogP contribution in [0, 0.1) is 0 Å². The van der Waals surface area contributed by atoms with Crippen molar-refractivity contribution in [3.05, 3.63) is 35.4 Å². The molecule has 22 heavy (non-hydrogen) atoms. The van der Waals surface area contributed by atoms with Crippen LogP contribution in [-0.2, 0) is 21.4 Å². The lowest BCUT2D eigenvalue weighted by Gasteiger charge is -2.30. The third-order valence-electron chi connectivity index (χ3n) is 5.21. The van der Waals surface area contributed by atoms with Crippen LogP contribution in [0.25, 0.3) is 0 Å². The summed E-state index contributed by atoms with van der Waals surface area (Å²) < 4.78 is 0. The van der Waals surface area contributed by atoms with Gasteiger partial charge in [0.1, 0.15) is 0 Å². The number of rotatable bonds is 2. The van der Waals surface area contributed by atoms with Crippen molar-refractivity contribution in [1.82, 2.24) is 9.80 Å². The van der Waals surface area contributed by atoms with E-state index < -0.39 is 5.41 Å². The van der Waals surface area contributed by atoms with Crippen LogP contribution in [0.4, 0.5) is 0 Å². The summed E-state index contributed by atoms with van der Waals surface area (Å²) in [5.41, 5.74) is 1.75. The molecule has 116 valence electrons. The van der Waals surface area contributed by atoms with Gasteiger partial charge in [-0.3, -0.25) is 19.4 Å². The third-order valence-corrected chi connectivity index (χ3v) is 6.15. The predicted molar refractivity (Wildman–Crippen MR) is 86.7 cm³/mol. The van der Waals surface area contributed by atoms with Crippen LogP contribution >= 0.6 is 11.8 Å². The summed E-state index contributed by atoms with van der Waals surface area (Å²) in [4.78, 5) is 29.3. The molecule has 1 aromatic carbocycles. The maximum absolute atomic E-state index is 13.0. The maximum atomic E-state index is 13.0. The molecular weight excluding hydrogens is 296 g/mol. The Morgan fingerprint density at radius 3 is 2.73 bits per heavy atom. The number of fused-ring (bicyclic) bond motifs is 2. The maximum Gasteiger partial charge on any atom is 0.241 e. The Labute approximate surface area is 134 Å². The average molecular weight is 316 g/mol. The van der Waals surface area contributed by atoms with E-state index in [-0.39, 0.29) is 11.8 Å². The van der Waals surface area contributed by atoms with Crippen LogP contribution in [0.15, 0.2) is 24.3 Å². The minimum atomic E-state index is -0.571. The Morgan fingerprint density at radius 1 is 1.14 bits per heavy atom. The van der Waals surface area contributed by atoms with Crippen LogP contribution in [0.2, 0.25) is 0 Å². The van der Waals surface area contributed by atoms with Crippen LogP contribution in [0.1, 0.15) is 24.0 Å². The highest BCUT2D eigenvalue weighted by atomic mass is 32.2. The molecule has 2 aliphatic heterocycles. The Balaban J connectivity index is 1.60. The second-order valence-corrected chi connectivity index (χ2v) is 7.64. The summed E-state index contributed by atoms with van der Waals surface area (Å²) in [5.74, 6) is 2.20. The minimum absolute atomic E-state index is 0.0000652. The van der Waals surface area contributed by atoms with Crippen molar-refractivity contribution in [1.29, 1.82) is 0 Å². The van der Waals surface area contributed by atoms with Gasteiger partial charge in [0.25, 0.3) is 0 Å². The summed E-state index contributed by atoms with van der Waals surface area (Å²) in [7, 11) is 0. The first kappa shape index (κ1) is 14.3. The third kappa shape index (κ3) is 2.10. The molecule has 0 bridgehead atoms. The molecule has 1 aromatic rings. The topological polar surface area (TPSA) is 40.6 Å². The Bertz CT molecular complexity index is 627. The van der Waals surface area contributed by atoms with Gasteiger partial charge in [-0.2, -0.15) is 11.8 Å². The van der Waals surface area contributed by atoms with Crippen LogP contribution in [0.3, 0.4) is 0 Å². The molecular formula is C17H20N2O2S. The largest absolute Gasteiger partial charge is 0.284 e.